The summed E-state index contributed by atoms with van der Waals surface area (Å²) in [6.07, 6.45) is 7.25. The molecule has 0 radical (unpaired) electrons. The molecule has 2 rings (SSSR count). The van der Waals surface area contributed by atoms with E-state index in [9.17, 15) is 0 Å². The highest BCUT2D eigenvalue weighted by atomic mass is 15.2. The first-order valence-corrected chi connectivity index (χ1v) is 7.59. The van der Waals surface area contributed by atoms with Crippen molar-refractivity contribution in [2.24, 2.45) is 5.92 Å². The number of aromatic nitrogens is 1. The molecule has 1 fully saturated rings. The van der Waals surface area contributed by atoms with Gasteiger partial charge in [0.25, 0.3) is 0 Å². The maximum absolute atomic E-state index is 4.62. The van der Waals surface area contributed by atoms with Crippen LogP contribution in [0.2, 0.25) is 0 Å². The molecule has 0 amide bonds. The largest absolute Gasteiger partial charge is 0.356 e. The quantitative estimate of drug-likeness (QED) is 0.882. The van der Waals surface area contributed by atoms with Crippen molar-refractivity contribution in [3.05, 3.63) is 23.9 Å². The van der Waals surface area contributed by atoms with Gasteiger partial charge in [-0.2, -0.15) is 0 Å². The van der Waals surface area contributed by atoms with Crippen LogP contribution < -0.4 is 10.2 Å². The second kappa shape index (κ2) is 6.90. The summed E-state index contributed by atoms with van der Waals surface area (Å²) in [5.41, 5.74) is 1.31. The summed E-state index contributed by atoms with van der Waals surface area (Å²) in [5.74, 6) is 2.00. The molecule has 0 saturated heterocycles. The van der Waals surface area contributed by atoms with Gasteiger partial charge in [0.2, 0.25) is 0 Å². The Balaban J connectivity index is 2.11. The number of hydrogen-bond acceptors (Lipinski definition) is 3. The number of nitrogens with zero attached hydrogens (tertiary/aromatic N) is 2. The standard InChI is InChI=1S/C16H27N3/c1-4-17-12-14-8-6-10-18-16(14)19(3)15-9-5-7-13(2)11-15/h6,8,10,13,15,17H,4-5,7,9,11-12H2,1-3H3. The Morgan fingerprint density at radius 2 is 2.26 bits per heavy atom. The highest BCUT2D eigenvalue weighted by Gasteiger charge is 2.24. The van der Waals surface area contributed by atoms with E-state index < -0.39 is 0 Å². The molecule has 3 nitrogen and oxygen atoms in total. The van der Waals surface area contributed by atoms with Crippen molar-refractivity contribution in [3.63, 3.8) is 0 Å². The molecule has 2 atom stereocenters. The zero-order chi connectivity index (χ0) is 13.7. The second-order valence-electron chi connectivity index (χ2n) is 5.80. The molecule has 1 aromatic heterocycles. The van der Waals surface area contributed by atoms with E-state index >= 15 is 0 Å². The van der Waals surface area contributed by atoms with Crippen molar-refractivity contribution in [1.29, 1.82) is 0 Å². The predicted octanol–water partition coefficient (Wildman–Crippen LogP) is 3.21. The molecule has 3 heteroatoms. The lowest BCUT2D eigenvalue weighted by Gasteiger charge is -2.35. The average molecular weight is 261 g/mol. The topological polar surface area (TPSA) is 28.2 Å². The summed E-state index contributed by atoms with van der Waals surface area (Å²) >= 11 is 0. The van der Waals surface area contributed by atoms with Gasteiger partial charge in [0.05, 0.1) is 0 Å². The molecular weight excluding hydrogens is 234 g/mol. The molecule has 1 N–H and O–H groups in total. The number of hydrogen-bond donors (Lipinski definition) is 1. The highest BCUT2D eigenvalue weighted by Crippen LogP contribution is 2.30. The van der Waals surface area contributed by atoms with E-state index in [0.717, 1.165) is 24.8 Å². The summed E-state index contributed by atoms with van der Waals surface area (Å²) in [6, 6.07) is 4.88. The Kier molecular flexibility index (Phi) is 5.20. The van der Waals surface area contributed by atoms with Crippen LogP contribution in [0.1, 0.15) is 45.1 Å². The Morgan fingerprint density at radius 1 is 1.42 bits per heavy atom. The van der Waals surface area contributed by atoms with E-state index in [1.807, 2.05) is 12.3 Å². The lowest BCUT2D eigenvalue weighted by Crippen LogP contribution is -2.37. The summed E-state index contributed by atoms with van der Waals surface area (Å²) in [5, 5.41) is 3.40. The fourth-order valence-corrected chi connectivity index (χ4v) is 3.07. The van der Waals surface area contributed by atoms with Crippen LogP contribution in [0.15, 0.2) is 18.3 Å². The zero-order valence-corrected chi connectivity index (χ0v) is 12.5. The molecule has 0 spiro atoms. The minimum Gasteiger partial charge on any atom is -0.356 e. The third kappa shape index (κ3) is 3.69. The zero-order valence-electron chi connectivity index (χ0n) is 12.5. The van der Waals surface area contributed by atoms with E-state index in [-0.39, 0.29) is 0 Å². The van der Waals surface area contributed by atoms with Crippen LogP contribution in [-0.2, 0) is 6.54 Å². The lowest BCUT2D eigenvalue weighted by atomic mass is 9.86. The Morgan fingerprint density at radius 3 is 3.00 bits per heavy atom. The minimum absolute atomic E-state index is 0.652. The van der Waals surface area contributed by atoms with Crippen molar-refractivity contribution in [3.8, 4) is 0 Å². The third-order valence-electron chi connectivity index (χ3n) is 4.22. The number of nitrogens with one attached hydrogen (secondary N) is 1. The van der Waals surface area contributed by atoms with Crippen molar-refractivity contribution in [2.45, 2.75) is 52.1 Å². The fraction of sp³-hybridized carbons (Fsp3) is 0.688. The van der Waals surface area contributed by atoms with Crippen molar-refractivity contribution in [1.82, 2.24) is 10.3 Å². The van der Waals surface area contributed by atoms with Crippen LogP contribution in [0, 0.1) is 5.92 Å². The van der Waals surface area contributed by atoms with Crippen LogP contribution in [0.3, 0.4) is 0 Å². The fourth-order valence-electron chi connectivity index (χ4n) is 3.07. The molecule has 1 heterocycles. The Labute approximate surface area is 117 Å². The maximum Gasteiger partial charge on any atom is 0.132 e. The van der Waals surface area contributed by atoms with Gasteiger partial charge in [0.15, 0.2) is 0 Å². The molecular formula is C16H27N3. The van der Waals surface area contributed by atoms with E-state index in [4.69, 9.17) is 0 Å². The Hall–Kier alpha value is -1.09. The first-order chi connectivity index (χ1) is 9.22. The van der Waals surface area contributed by atoms with Gasteiger partial charge in [-0.25, -0.2) is 4.98 Å². The Bertz CT molecular complexity index is 391. The lowest BCUT2D eigenvalue weighted by molar-refractivity contribution is 0.335. The van der Waals surface area contributed by atoms with E-state index in [2.05, 4.69) is 42.2 Å². The smallest absolute Gasteiger partial charge is 0.132 e. The number of rotatable bonds is 5. The molecule has 1 saturated carbocycles. The monoisotopic (exact) mass is 261 g/mol. The molecule has 2 unspecified atom stereocenters. The number of pyridine rings is 1. The van der Waals surface area contributed by atoms with Crippen LogP contribution >= 0.6 is 0 Å². The highest BCUT2D eigenvalue weighted by molar-refractivity contribution is 5.47. The first-order valence-electron chi connectivity index (χ1n) is 7.59. The molecule has 1 aliphatic rings. The van der Waals surface area contributed by atoms with Gasteiger partial charge in [-0.15, -0.1) is 0 Å². The number of anilines is 1. The first kappa shape index (κ1) is 14.3. The molecule has 0 aliphatic heterocycles. The summed E-state index contributed by atoms with van der Waals surface area (Å²) in [6.45, 7) is 6.42. The predicted molar refractivity (Wildman–Crippen MR) is 81.4 cm³/mol. The van der Waals surface area contributed by atoms with Gasteiger partial charge >= 0.3 is 0 Å². The molecule has 0 aromatic carbocycles. The third-order valence-corrected chi connectivity index (χ3v) is 4.22. The van der Waals surface area contributed by atoms with Crippen molar-refractivity contribution >= 4 is 5.82 Å². The molecule has 106 valence electrons. The summed E-state index contributed by atoms with van der Waals surface area (Å²) in [7, 11) is 2.21. The molecule has 1 aromatic rings. The van der Waals surface area contributed by atoms with Crippen molar-refractivity contribution < 1.29 is 0 Å². The van der Waals surface area contributed by atoms with Gasteiger partial charge < -0.3 is 10.2 Å². The van der Waals surface area contributed by atoms with Crippen LogP contribution in [-0.4, -0.2) is 24.6 Å². The van der Waals surface area contributed by atoms with E-state index in [1.54, 1.807) is 0 Å². The van der Waals surface area contributed by atoms with Gasteiger partial charge in [0, 0.05) is 31.4 Å². The van der Waals surface area contributed by atoms with Gasteiger partial charge in [-0.05, 0) is 31.4 Å². The second-order valence-corrected chi connectivity index (χ2v) is 5.80. The normalized spacial score (nSPS) is 23.3. The van der Waals surface area contributed by atoms with E-state index in [1.165, 1.54) is 31.2 Å². The van der Waals surface area contributed by atoms with Gasteiger partial charge in [-0.1, -0.05) is 32.8 Å². The van der Waals surface area contributed by atoms with Gasteiger partial charge in [0.1, 0.15) is 5.82 Å². The van der Waals surface area contributed by atoms with E-state index in [0.29, 0.717) is 6.04 Å². The van der Waals surface area contributed by atoms with Gasteiger partial charge in [-0.3, -0.25) is 0 Å². The molecule has 19 heavy (non-hydrogen) atoms. The van der Waals surface area contributed by atoms with Crippen LogP contribution in [0.25, 0.3) is 0 Å². The van der Waals surface area contributed by atoms with Crippen LogP contribution in [0.5, 0.6) is 0 Å². The van der Waals surface area contributed by atoms with Crippen LogP contribution in [0.4, 0.5) is 5.82 Å². The molecule has 1 aliphatic carbocycles. The maximum atomic E-state index is 4.62. The molecule has 0 bridgehead atoms. The average Bonchev–Trinajstić information content (AvgIpc) is 2.44. The minimum atomic E-state index is 0.652. The van der Waals surface area contributed by atoms with Crippen molar-refractivity contribution in [2.75, 3.05) is 18.5 Å². The summed E-state index contributed by atoms with van der Waals surface area (Å²) in [4.78, 5) is 7.02. The summed E-state index contributed by atoms with van der Waals surface area (Å²) < 4.78 is 0. The SMILES string of the molecule is CCNCc1cccnc1N(C)C1CCCC(C)C1.